The zero-order valence-electron chi connectivity index (χ0n) is 10.8. The summed E-state index contributed by atoms with van der Waals surface area (Å²) in [6.07, 6.45) is 0. The van der Waals surface area contributed by atoms with Gasteiger partial charge < -0.3 is 11.1 Å². The van der Waals surface area contributed by atoms with E-state index in [1.54, 1.807) is 37.3 Å². The van der Waals surface area contributed by atoms with Gasteiger partial charge in [0.15, 0.2) is 0 Å². The molecule has 3 N–H and O–H groups in total. The van der Waals surface area contributed by atoms with Crippen LogP contribution in [0.4, 0.5) is 15.8 Å². The lowest BCUT2D eigenvalue weighted by molar-refractivity contribution is 0.102. The minimum absolute atomic E-state index is 0.291. The number of anilines is 2. The number of benzene rings is 2. The summed E-state index contributed by atoms with van der Waals surface area (Å²) < 4.78 is 13.4. The second-order valence-corrected chi connectivity index (χ2v) is 4.49. The lowest BCUT2D eigenvalue weighted by atomic mass is 10.1. The molecule has 0 aliphatic heterocycles. The van der Waals surface area contributed by atoms with E-state index in [1.807, 2.05) is 6.92 Å². The van der Waals surface area contributed by atoms with Gasteiger partial charge >= 0.3 is 0 Å². The first-order valence-corrected chi connectivity index (χ1v) is 5.91. The number of hydrogen-bond acceptors (Lipinski definition) is 2. The number of nitrogen functional groups attached to an aromatic ring is 1. The van der Waals surface area contributed by atoms with Crippen LogP contribution in [-0.4, -0.2) is 5.91 Å². The summed E-state index contributed by atoms with van der Waals surface area (Å²) in [5.41, 5.74) is 8.61. The molecule has 0 heterocycles. The second kappa shape index (κ2) is 5.10. The van der Waals surface area contributed by atoms with Gasteiger partial charge in [-0.3, -0.25) is 4.79 Å². The summed E-state index contributed by atoms with van der Waals surface area (Å²) in [6.45, 7) is 3.50. The highest BCUT2D eigenvalue weighted by Gasteiger charge is 2.09. The van der Waals surface area contributed by atoms with Crippen molar-refractivity contribution in [1.82, 2.24) is 0 Å². The Morgan fingerprint density at radius 2 is 1.84 bits per heavy atom. The SMILES string of the molecule is Cc1ccc(C(=O)Nc2ccc(N)cc2C)cc1F. The molecule has 19 heavy (non-hydrogen) atoms. The third-order valence-corrected chi connectivity index (χ3v) is 2.93. The van der Waals surface area contributed by atoms with Crippen LogP contribution < -0.4 is 11.1 Å². The maximum Gasteiger partial charge on any atom is 0.255 e. The van der Waals surface area contributed by atoms with E-state index in [0.29, 0.717) is 22.5 Å². The Kier molecular flexibility index (Phi) is 3.51. The van der Waals surface area contributed by atoms with E-state index in [9.17, 15) is 9.18 Å². The zero-order chi connectivity index (χ0) is 14.0. The standard InChI is InChI=1S/C15H15FN2O/c1-9-3-4-11(8-13(9)16)15(19)18-14-6-5-12(17)7-10(14)2/h3-8H,17H2,1-2H3,(H,18,19). The monoisotopic (exact) mass is 258 g/mol. The van der Waals surface area contributed by atoms with Crippen molar-refractivity contribution in [3.8, 4) is 0 Å². The molecular weight excluding hydrogens is 243 g/mol. The van der Waals surface area contributed by atoms with Crippen LogP contribution in [-0.2, 0) is 0 Å². The molecule has 0 aliphatic rings. The van der Waals surface area contributed by atoms with E-state index < -0.39 is 0 Å². The molecule has 3 nitrogen and oxygen atoms in total. The van der Waals surface area contributed by atoms with Crippen LogP contribution in [0.5, 0.6) is 0 Å². The van der Waals surface area contributed by atoms with Crippen LogP contribution in [0, 0.1) is 19.7 Å². The van der Waals surface area contributed by atoms with Crippen LogP contribution >= 0.6 is 0 Å². The van der Waals surface area contributed by atoms with Crippen LogP contribution in [0.15, 0.2) is 36.4 Å². The molecule has 1 amide bonds. The predicted molar refractivity (Wildman–Crippen MR) is 74.7 cm³/mol. The third-order valence-electron chi connectivity index (χ3n) is 2.93. The van der Waals surface area contributed by atoms with Crippen LogP contribution in [0.1, 0.15) is 21.5 Å². The fourth-order valence-electron chi connectivity index (χ4n) is 1.76. The first-order chi connectivity index (χ1) is 8.97. The van der Waals surface area contributed by atoms with Gasteiger partial charge in [0, 0.05) is 16.9 Å². The van der Waals surface area contributed by atoms with Gasteiger partial charge in [0.05, 0.1) is 0 Å². The Morgan fingerprint density at radius 1 is 1.11 bits per heavy atom. The number of amides is 1. The largest absolute Gasteiger partial charge is 0.399 e. The van der Waals surface area contributed by atoms with Gasteiger partial charge in [-0.25, -0.2) is 4.39 Å². The molecule has 0 atom stereocenters. The Balaban J connectivity index is 2.23. The van der Waals surface area contributed by atoms with Crippen molar-refractivity contribution in [2.45, 2.75) is 13.8 Å². The van der Waals surface area contributed by atoms with Gasteiger partial charge in [-0.05, 0) is 55.3 Å². The van der Waals surface area contributed by atoms with Gasteiger partial charge in [0.1, 0.15) is 5.82 Å². The molecule has 0 bridgehead atoms. The summed E-state index contributed by atoms with van der Waals surface area (Å²) in [4.78, 5) is 12.0. The first kappa shape index (κ1) is 13.1. The van der Waals surface area contributed by atoms with Gasteiger partial charge in [-0.1, -0.05) is 6.07 Å². The average Bonchev–Trinajstić information content (AvgIpc) is 2.36. The summed E-state index contributed by atoms with van der Waals surface area (Å²) in [6, 6.07) is 9.62. The Labute approximate surface area is 111 Å². The maximum absolute atomic E-state index is 13.4. The third kappa shape index (κ3) is 2.91. The van der Waals surface area contributed by atoms with Gasteiger partial charge in [0.25, 0.3) is 5.91 Å². The van der Waals surface area contributed by atoms with E-state index in [-0.39, 0.29) is 11.7 Å². The quantitative estimate of drug-likeness (QED) is 0.812. The van der Waals surface area contributed by atoms with Crippen molar-refractivity contribution in [3.63, 3.8) is 0 Å². The smallest absolute Gasteiger partial charge is 0.255 e. The average molecular weight is 258 g/mol. The van der Waals surface area contributed by atoms with E-state index in [4.69, 9.17) is 5.73 Å². The number of nitrogens with two attached hydrogens (primary N) is 1. The number of rotatable bonds is 2. The summed E-state index contributed by atoms with van der Waals surface area (Å²) in [5, 5.41) is 2.74. The molecule has 2 aromatic rings. The predicted octanol–water partition coefficient (Wildman–Crippen LogP) is 3.28. The molecule has 0 aromatic heterocycles. The molecule has 0 unspecified atom stereocenters. The summed E-state index contributed by atoms with van der Waals surface area (Å²) in [5.74, 6) is -0.728. The van der Waals surface area contributed by atoms with Crippen molar-refractivity contribution in [1.29, 1.82) is 0 Å². The fraction of sp³-hybridized carbons (Fsp3) is 0.133. The molecule has 98 valence electrons. The molecule has 2 aromatic carbocycles. The molecule has 0 radical (unpaired) electrons. The zero-order valence-corrected chi connectivity index (χ0v) is 10.8. The van der Waals surface area contributed by atoms with Crippen LogP contribution in [0.2, 0.25) is 0 Å². The molecule has 2 rings (SSSR count). The molecular formula is C15H15FN2O. The summed E-state index contributed by atoms with van der Waals surface area (Å²) >= 11 is 0. The molecule has 4 heteroatoms. The summed E-state index contributed by atoms with van der Waals surface area (Å²) in [7, 11) is 0. The van der Waals surface area contributed by atoms with E-state index in [0.717, 1.165) is 5.56 Å². The van der Waals surface area contributed by atoms with Gasteiger partial charge in [-0.2, -0.15) is 0 Å². The fourth-order valence-corrected chi connectivity index (χ4v) is 1.76. The number of nitrogens with one attached hydrogen (secondary N) is 1. The highest BCUT2D eigenvalue weighted by molar-refractivity contribution is 6.04. The molecule has 0 saturated heterocycles. The van der Waals surface area contributed by atoms with Crippen molar-refractivity contribution in [2.24, 2.45) is 0 Å². The van der Waals surface area contributed by atoms with Gasteiger partial charge in [-0.15, -0.1) is 0 Å². The lowest BCUT2D eigenvalue weighted by Crippen LogP contribution is -2.13. The second-order valence-electron chi connectivity index (χ2n) is 4.49. The van der Waals surface area contributed by atoms with Gasteiger partial charge in [0.2, 0.25) is 0 Å². The number of carbonyl (C=O) groups is 1. The van der Waals surface area contributed by atoms with Crippen molar-refractivity contribution < 1.29 is 9.18 Å². The molecule has 0 spiro atoms. The maximum atomic E-state index is 13.4. The van der Waals surface area contributed by atoms with Crippen molar-refractivity contribution in [2.75, 3.05) is 11.1 Å². The van der Waals surface area contributed by atoms with E-state index >= 15 is 0 Å². The van der Waals surface area contributed by atoms with E-state index in [2.05, 4.69) is 5.32 Å². The number of aryl methyl sites for hydroxylation is 2. The Bertz CT molecular complexity index is 638. The molecule has 0 fully saturated rings. The number of carbonyl (C=O) groups excluding carboxylic acids is 1. The lowest BCUT2D eigenvalue weighted by Gasteiger charge is -2.09. The minimum atomic E-state index is -0.387. The van der Waals surface area contributed by atoms with E-state index in [1.165, 1.54) is 6.07 Å². The first-order valence-electron chi connectivity index (χ1n) is 5.91. The van der Waals surface area contributed by atoms with Crippen molar-refractivity contribution >= 4 is 17.3 Å². The van der Waals surface area contributed by atoms with Crippen LogP contribution in [0.25, 0.3) is 0 Å². The highest BCUT2D eigenvalue weighted by Crippen LogP contribution is 2.19. The van der Waals surface area contributed by atoms with Crippen LogP contribution in [0.3, 0.4) is 0 Å². The molecule has 0 aliphatic carbocycles. The normalized spacial score (nSPS) is 10.3. The topological polar surface area (TPSA) is 55.1 Å². The van der Waals surface area contributed by atoms with Crippen molar-refractivity contribution in [3.05, 3.63) is 58.9 Å². The number of halogens is 1. The minimum Gasteiger partial charge on any atom is -0.399 e. The Morgan fingerprint density at radius 3 is 2.47 bits per heavy atom. The highest BCUT2D eigenvalue weighted by atomic mass is 19.1. The number of hydrogen-bond donors (Lipinski definition) is 2. The Hall–Kier alpha value is -2.36. The molecule has 0 saturated carbocycles.